The molecule has 6 heteroatoms. The van der Waals surface area contributed by atoms with E-state index in [2.05, 4.69) is 0 Å². The van der Waals surface area contributed by atoms with Crippen molar-refractivity contribution in [3.8, 4) is 0 Å². The SMILES string of the molecule is Cc1ccc(S(=O)(=O)Cc2c(Cl)cccc2Cl)c(N)c1. The quantitative estimate of drug-likeness (QED) is 0.870. The van der Waals surface area contributed by atoms with E-state index >= 15 is 0 Å². The smallest absolute Gasteiger partial charge is 0.184 e. The highest BCUT2D eigenvalue weighted by Gasteiger charge is 2.21. The third-order valence-electron chi connectivity index (χ3n) is 2.90. The number of rotatable bonds is 3. The van der Waals surface area contributed by atoms with Crippen LogP contribution in [0.1, 0.15) is 11.1 Å². The summed E-state index contributed by atoms with van der Waals surface area (Å²) in [6.45, 7) is 1.84. The molecule has 0 bridgehead atoms. The number of nitrogens with two attached hydrogens (primary N) is 1. The molecule has 0 heterocycles. The lowest BCUT2D eigenvalue weighted by Gasteiger charge is -2.10. The van der Waals surface area contributed by atoms with Gasteiger partial charge in [0.25, 0.3) is 0 Å². The van der Waals surface area contributed by atoms with E-state index in [1.807, 2.05) is 6.92 Å². The van der Waals surface area contributed by atoms with Crippen molar-refractivity contribution >= 4 is 38.7 Å². The van der Waals surface area contributed by atoms with Crippen molar-refractivity contribution in [1.82, 2.24) is 0 Å². The van der Waals surface area contributed by atoms with Crippen LogP contribution in [0, 0.1) is 6.92 Å². The van der Waals surface area contributed by atoms with Gasteiger partial charge >= 0.3 is 0 Å². The van der Waals surface area contributed by atoms with Crippen LogP contribution in [0.4, 0.5) is 5.69 Å². The molecule has 0 saturated carbocycles. The lowest BCUT2D eigenvalue weighted by Crippen LogP contribution is -2.09. The third-order valence-corrected chi connectivity index (χ3v) is 5.32. The molecule has 106 valence electrons. The predicted molar refractivity (Wildman–Crippen MR) is 82.9 cm³/mol. The number of benzene rings is 2. The van der Waals surface area contributed by atoms with Crippen molar-refractivity contribution < 1.29 is 8.42 Å². The van der Waals surface area contributed by atoms with Gasteiger partial charge in [0.15, 0.2) is 9.84 Å². The van der Waals surface area contributed by atoms with Gasteiger partial charge < -0.3 is 5.73 Å². The average molecular weight is 330 g/mol. The van der Waals surface area contributed by atoms with Gasteiger partial charge in [0, 0.05) is 15.6 Å². The van der Waals surface area contributed by atoms with Gasteiger partial charge in [-0.1, -0.05) is 35.3 Å². The molecule has 2 aromatic rings. The number of anilines is 1. The first kappa shape index (κ1) is 15.2. The van der Waals surface area contributed by atoms with Gasteiger partial charge in [0.2, 0.25) is 0 Å². The second-order valence-corrected chi connectivity index (χ2v) is 7.27. The molecule has 3 nitrogen and oxygen atoms in total. The minimum absolute atomic E-state index is 0.0964. The Bertz CT molecular complexity index is 738. The fourth-order valence-electron chi connectivity index (χ4n) is 1.89. The topological polar surface area (TPSA) is 60.2 Å². The van der Waals surface area contributed by atoms with Crippen LogP contribution in [-0.2, 0) is 15.6 Å². The number of halogens is 2. The summed E-state index contributed by atoms with van der Waals surface area (Å²) in [6.07, 6.45) is 0. The van der Waals surface area contributed by atoms with Crippen LogP contribution in [-0.4, -0.2) is 8.42 Å². The van der Waals surface area contributed by atoms with Crippen molar-refractivity contribution in [2.75, 3.05) is 5.73 Å². The van der Waals surface area contributed by atoms with E-state index in [1.54, 1.807) is 30.3 Å². The maximum absolute atomic E-state index is 12.4. The van der Waals surface area contributed by atoms with E-state index in [-0.39, 0.29) is 16.3 Å². The largest absolute Gasteiger partial charge is 0.398 e. The van der Waals surface area contributed by atoms with Crippen molar-refractivity contribution in [2.24, 2.45) is 0 Å². The van der Waals surface area contributed by atoms with Gasteiger partial charge in [-0.3, -0.25) is 0 Å². The number of hydrogen-bond acceptors (Lipinski definition) is 3. The van der Waals surface area contributed by atoms with E-state index in [1.165, 1.54) is 6.07 Å². The second-order valence-electron chi connectivity index (χ2n) is 4.50. The van der Waals surface area contributed by atoms with Gasteiger partial charge in [-0.2, -0.15) is 0 Å². The third kappa shape index (κ3) is 3.08. The molecule has 2 N–H and O–H groups in total. The fourth-order valence-corrected chi connectivity index (χ4v) is 4.12. The Labute approximate surface area is 128 Å². The summed E-state index contributed by atoms with van der Waals surface area (Å²) in [7, 11) is -3.60. The summed E-state index contributed by atoms with van der Waals surface area (Å²) < 4.78 is 24.9. The fraction of sp³-hybridized carbons (Fsp3) is 0.143. The zero-order valence-corrected chi connectivity index (χ0v) is 13.1. The highest BCUT2D eigenvalue weighted by Crippen LogP contribution is 2.30. The van der Waals surface area contributed by atoms with E-state index in [4.69, 9.17) is 28.9 Å². The molecule has 0 radical (unpaired) electrons. The minimum atomic E-state index is -3.60. The van der Waals surface area contributed by atoms with Crippen LogP contribution in [0.2, 0.25) is 10.0 Å². The van der Waals surface area contributed by atoms with Crippen LogP contribution in [0.25, 0.3) is 0 Å². The normalized spacial score (nSPS) is 11.6. The highest BCUT2D eigenvalue weighted by molar-refractivity contribution is 7.90. The molecule has 2 rings (SSSR count). The molecule has 0 aliphatic carbocycles. The van der Waals surface area contributed by atoms with Gasteiger partial charge in [0.1, 0.15) is 0 Å². The van der Waals surface area contributed by atoms with Crippen molar-refractivity contribution in [1.29, 1.82) is 0 Å². The average Bonchev–Trinajstić information content (AvgIpc) is 2.33. The molecule has 0 atom stereocenters. The number of aryl methyl sites for hydroxylation is 1. The van der Waals surface area contributed by atoms with Gasteiger partial charge in [0.05, 0.1) is 16.3 Å². The molecule has 0 aliphatic heterocycles. The minimum Gasteiger partial charge on any atom is -0.398 e. The Morgan fingerprint density at radius 2 is 1.70 bits per heavy atom. The molecule has 20 heavy (non-hydrogen) atoms. The van der Waals surface area contributed by atoms with Crippen LogP contribution in [0.15, 0.2) is 41.3 Å². The molecular weight excluding hydrogens is 317 g/mol. The number of sulfone groups is 1. The second kappa shape index (κ2) is 5.64. The van der Waals surface area contributed by atoms with Gasteiger partial charge in [-0.15, -0.1) is 0 Å². The zero-order valence-electron chi connectivity index (χ0n) is 10.7. The molecule has 0 saturated heterocycles. The molecule has 2 aromatic carbocycles. The monoisotopic (exact) mass is 329 g/mol. The zero-order chi connectivity index (χ0) is 14.9. The molecule has 0 aliphatic rings. The van der Waals surface area contributed by atoms with E-state index in [9.17, 15) is 8.42 Å². The van der Waals surface area contributed by atoms with Gasteiger partial charge in [-0.05, 0) is 36.8 Å². The maximum atomic E-state index is 12.4. The number of nitrogen functional groups attached to an aromatic ring is 1. The summed E-state index contributed by atoms with van der Waals surface area (Å²) in [5.41, 5.74) is 7.31. The highest BCUT2D eigenvalue weighted by atomic mass is 35.5. The Morgan fingerprint density at radius 3 is 2.25 bits per heavy atom. The van der Waals surface area contributed by atoms with Gasteiger partial charge in [-0.25, -0.2) is 8.42 Å². The molecule has 0 amide bonds. The van der Waals surface area contributed by atoms with Crippen molar-refractivity contribution in [3.63, 3.8) is 0 Å². The first-order chi connectivity index (χ1) is 9.31. The summed E-state index contributed by atoms with van der Waals surface area (Å²) in [5.74, 6) is -0.279. The predicted octanol–water partition coefficient (Wildman–Crippen LogP) is 3.86. The maximum Gasteiger partial charge on any atom is 0.184 e. The summed E-state index contributed by atoms with van der Waals surface area (Å²) in [4.78, 5) is 0.0964. The van der Waals surface area contributed by atoms with Crippen LogP contribution in [0.3, 0.4) is 0 Å². The van der Waals surface area contributed by atoms with E-state index in [0.29, 0.717) is 15.6 Å². The molecule has 0 unspecified atom stereocenters. The number of hydrogen-bond donors (Lipinski definition) is 1. The van der Waals surface area contributed by atoms with E-state index in [0.717, 1.165) is 5.56 Å². The van der Waals surface area contributed by atoms with Crippen molar-refractivity contribution in [3.05, 3.63) is 57.6 Å². The van der Waals surface area contributed by atoms with Crippen molar-refractivity contribution in [2.45, 2.75) is 17.6 Å². The summed E-state index contributed by atoms with van der Waals surface area (Å²) in [6, 6.07) is 9.72. The lowest BCUT2D eigenvalue weighted by molar-refractivity contribution is 0.595. The first-order valence-corrected chi connectivity index (χ1v) is 8.24. The molecule has 0 fully saturated rings. The Morgan fingerprint density at radius 1 is 1.10 bits per heavy atom. The summed E-state index contributed by atoms with van der Waals surface area (Å²) >= 11 is 12.0. The van der Waals surface area contributed by atoms with E-state index < -0.39 is 9.84 Å². The first-order valence-electron chi connectivity index (χ1n) is 5.83. The van der Waals surface area contributed by atoms with Crippen LogP contribution >= 0.6 is 23.2 Å². The Balaban J connectivity index is 2.46. The standard InChI is InChI=1S/C14H13Cl2NO2S/c1-9-5-6-14(13(17)7-9)20(18,19)8-10-11(15)3-2-4-12(10)16/h2-7H,8,17H2,1H3. The van der Waals surface area contributed by atoms with Crippen LogP contribution in [0.5, 0.6) is 0 Å². The molecular formula is C14H13Cl2NO2S. The molecule has 0 spiro atoms. The Hall–Kier alpha value is -1.23. The summed E-state index contributed by atoms with van der Waals surface area (Å²) in [5, 5.41) is 0.651. The molecule has 0 aromatic heterocycles. The van der Waals surface area contributed by atoms with Crippen LogP contribution < -0.4 is 5.73 Å². The Kier molecular flexibility index (Phi) is 4.28. The lowest BCUT2D eigenvalue weighted by atomic mass is 10.2.